The van der Waals surface area contributed by atoms with Gasteiger partial charge in [0.15, 0.2) is 0 Å². The van der Waals surface area contributed by atoms with Crippen molar-refractivity contribution in [3.8, 4) is 11.4 Å². The van der Waals surface area contributed by atoms with E-state index >= 15 is 0 Å². The van der Waals surface area contributed by atoms with E-state index in [1.807, 2.05) is 65.3 Å². The lowest BCUT2D eigenvalue weighted by Crippen LogP contribution is -2.50. The molecule has 2 aromatic carbocycles. The van der Waals surface area contributed by atoms with E-state index in [1.54, 1.807) is 0 Å². The number of rotatable bonds is 5. The van der Waals surface area contributed by atoms with Gasteiger partial charge < -0.3 is 14.6 Å². The zero-order valence-corrected chi connectivity index (χ0v) is 18.0. The van der Waals surface area contributed by atoms with E-state index in [1.165, 1.54) is 0 Å². The molecule has 1 unspecified atom stereocenters. The Balaban J connectivity index is 1.22. The summed E-state index contributed by atoms with van der Waals surface area (Å²) in [4.78, 5) is 41.5. The highest BCUT2D eigenvalue weighted by Crippen LogP contribution is 2.22. The molecular weight excluding hydrogens is 406 g/mol. The summed E-state index contributed by atoms with van der Waals surface area (Å²) in [5.41, 5.74) is 3.37. The van der Waals surface area contributed by atoms with Gasteiger partial charge in [-0.2, -0.15) is 0 Å². The Morgan fingerprint density at radius 3 is 2.66 bits per heavy atom. The number of hydrogen-bond acceptors (Lipinski definition) is 6. The van der Waals surface area contributed by atoms with E-state index in [0.717, 1.165) is 22.4 Å². The molecule has 8 nitrogen and oxygen atoms in total. The zero-order valence-electron chi connectivity index (χ0n) is 18.0. The summed E-state index contributed by atoms with van der Waals surface area (Å²) >= 11 is 0. The lowest BCUT2D eigenvalue weighted by molar-refractivity contribution is -0.115. The molecule has 1 fully saturated rings. The predicted molar refractivity (Wildman–Crippen MR) is 122 cm³/mol. The fourth-order valence-corrected chi connectivity index (χ4v) is 4.08. The number of para-hydroxylation sites is 2. The lowest BCUT2D eigenvalue weighted by atomic mass is 10.1. The first-order valence-corrected chi connectivity index (χ1v) is 10.9. The van der Waals surface area contributed by atoms with Crippen LogP contribution in [0.15, 0.2) is 53.5 Å². The third-order valence-electron chi connectivity index (χ3n) is 5.84. The molecule has 1 N–H and O–H groups in total. The van der Waals surface area contributed by atoms with Gasteiger partial charge in [0, 0.05) is 37.3 Å². The molecule has 0 radical (unpaired) electrons. The van der Waals surface area contributed by atoms with Crippen molar-refractivity contribution in [2.24, 2.45) is 4.99 Å². The lowest BCUT2D eigenvalue weighted by Gasteiger charge is -2.34. The number of nitrogens with zero attached hydrogens (tertiary/aromatic N) is 4. The highest BCUT2D eigenvalue weighted by atomic mass is 16.5. The van der Waals surface area contributed by atoms with Crippen LogP contribution in [0, 0.1) is 0 Å². The van der Waals surface area contributed by atoms with Crippen molar-refractivity contribution >= 4 is 28.6 Å². The second-order valence-electron chi connectivity index (χ2n) is 8.27. The van der Waals surface area contributed by atoms with Crippen LogP contribution in [-0.4, -0.2) is 82.7 Å². The molecule has 32 heavy (non-hydrogen) atoms. The Hall–Kier alpha value is -3.52. The average molecular weight is 431 g/mol. The normalized spacial score (nSPS) is 19.1. The maximum atomic E-state index is 13.1. The minimum absolute atomic E-state index is 0.00809. The van der Waals surface area contributed by atoms with E-state index in [9.17, 15) is 9.59 Å². The van der Waals surface area contributed by atoms with Crippen molar-refractivity contribution in [3.63, 3.8) is 0 Å². The summed E-state index contributed by atoms with van der Waals surface area (Å²) in [5, 5.41) is 0. The van der Waals surface area contributed by atoms with Crippen LogP contribution in [0.25, 0.3) is 22.4 Å². The molecule has 0 spiro atoms. The van der Waals surface area contributed by atoms with Gasteiger partial charge in [0.1, 0.15) is 12.4 Å². The number of carbonyl (C=O) groups excluding carboxylic acids is 2. The van der Waals surface area contributed by atoms with Crippen LogP contribution in [0.4, 0.5) is 0 Å². The number of Topliss-reactive ketones (excluding diaryl/α,β-unsaturated/α-hetero) is 1. The number of ketones is 1. The summed E-state index contributed by atoms with van der Waals surface area (Å²) in [6.45, 7) is 5.10. The van der Waals surface area contributed by atoms with Crippen molar-refractivity contribution in [2.45, 2.75) is 13.0 Å². The number of aliphatic imine (C=N–C) groups is 1. The number of ether oxygens (including phenoxy) is 1. The van der Waals surface area contributed by atoms with Crippen LogP contribution >= 0.6 is 0 Å². The van der Waals surface area contributed by atoms with Crippen LogP contribution < -0.4 is 0 Å². The number of hydrogen-bond donors (Lipinski definition) is 1. The van der Waals surface area contributed by atoms with E-state index in [2.05, 4.69) is 15.0 Å². The average Bonchev–Trinajstić information content (AvgIpc) is 3.45. The van der Waals surface area contributed by atoms with Crippen molar-refractivity contribution < 1.29 is 14.3 Å². The highest BCUT2D eigenvalue weighted by Gasteiger charge is 2.27. The van der Waals surface area contributed by atoms with Gasteiger partial charge in [-0.05, 0) is 31.2 Å². The van der Waals surface area contributed by atoms with Crippen LogP contribution in [0.3, 0.4) is 0 Å². The molecule has 0 aliphatic carbocycles. The number of carbonyl (C=O) groups is 2. The molecule has 1 atom stereocenters. The van der Waals surface area contributed by atoms with E-state index in [0.29, 0.717) is 38.3 Å². The van der Waals surface area contributed by atoms with Gasteiger partial charge in [-0.15, -0.1) is 0 Å². The number of H-pyrrole nitrogens is 1. The number of aromatic amines is 1. The molecule has 3 aromatic rings. The monoisotopic (exact) mass is 431 g/mol. The number of fused-ring (bicyclic) bond motifs is 1. The number of piperazine rings is 1. The Labute approximate surface area is 185 Å². The molecule has 5 rings (SSSR count). The SMILES string of the molecule is CC1COC(C(=O)CN2CCN(C(=O)c3cccc(-c4nc5ccccc5[nH]4)c3)CC2)=N1. The van der Waals surface area contributed by atoms with Crippen molar-refractivity contribution in [1.82, 2.24) is 19.8 Å². The van der Waals surface area contributed by atoms with Crippen molar-refractivity contribution in [3.05, 3.63) is 54.1 Å². The maximum Gasteiger partial charge on any atom is 0.255 e. The van der Waals surface area contributed by atoms with Gasteiger partial charge in [0.25, 0.3) is 11.8 Å². The summed E-state index contributed by atoms with van der Waals surface area (Å²) in [6.07, 6.45) is 0. The molecule has 2 aliphatic heterocycles. The van der Waals surface area contributed by atoms with Crippen LogP contribution in [0.2, 0.25) is 0 Å². The first kappa shape index (κ1) is 20.4. The molecule has 164 valence electrons. The van der Waals surface area contributed by atoms with Gasteiger partial charge in [0.05, 0.1) is 23.6 Å². The number of aromatic nitrogens is 2. The highest BCUT2D eigenvalue weighted by molar-refractivity contribution is 6.37. The third-order valence-corrected chi connectivity index (χ3v) is 5.84. The summed E-state index contributed by atoms with van der Waals surface area (Å²) < 4.78 is 5.35. The fourth-order valence-electron chi connectivity index (χ4n) is 4.08. The topological polar surface area (TPSA) is 90.9 Å². The Bertz CT molecular complexity index is 1160. The Morgan fingerprint density at radius 2 is 1.91 bits per heavy atom. The molecule has 0 saturated carbocycles. The fraction of sp³-hybridized carbons (Fsp3) is 0.333. The second-order valence-corrected chi connectivity index (χ2v) is 8.27. The van der Waals surface area contributed by atoms with E-state index in [4.69, 9.17) is 4.74 Å². The Kier molecular flexibility index (Phi) is 5.45. The molecule has 0 bridgehead atoms. The van der Waals surface area contributed by atoms with Crippen LogP contribution in [-0.2, 0) is 9.53 Å². The Morgan fingerprint density at radius 1 is 1.09 bits per heavy atom. The van der Waals surface area contributed by atoms with Gasteiger partial charge in [-0.3, -0.25) is 14.5 Å². The summed E-state index contributed by atoms with van der Waals surface area (Å²) in [6, 6.07) is 15.5. The number of amides is 1. The first-order chi connectivity index (χ1) is 15.6. The molecule has 2 aliphatic rings. The van der Waals surface area contributed by atoms with Crippen LogP contribution in [0.5, 0.6) is 0 Å². The van der Waals surface area contributed by atoms with Gasteiger partial charge >= 0.3 is 0 Å². The maximum absolute atomic E-state index is 13.1. The molecule has 1 aromatic heterocycles. The zero-order chi connectivity index (χ0) is 22.1. The van der Waals surface area contributed by atoms with Gasteiger partial charge in [-0.1, -0.05) is 24.3 Å². The molecule has 3 heterocycles. The largest absolute Gasteiger partial charge is 0.473 e. The van der Waals surface area contributed by atoms with E-state index < -0.39 is 0 Å². The standard InChI is InChI=1S/C24H25N5O3/c1-16-15-32-23(25-16)21(30)14-28-9-11-29(12-10-28)24(31)18-6-4-5-17(13-18)22-26-19-7-2-3-8-20(19)27-22/h2-8,13,16H,9-12,14-15H2,1H3,(H,26,27). The van der Waals surface area contributed by atoms with Gasteiger partial charge in [0.2, 0.25) is 5.78 Å². The van der Waals surface area contributed by atoms with Gasteiger partial charge in [-0.25, -0.2) is 9.98 Å². The quantitative estimate of drug-likeness (QED) is 0.670. The van der Waals surface area contributed by atoms with Crippen molar-refractivity contribution in [1.29, 1.82) is 0 Å². The van der Waals surface area contributed by atoms with Crippen molar-refractivity contribution in [2.75, 3.05) is 39.3 Å². The minimum Gasteiger partial charge on any atom is -0.473 e. The second kappa shape index (κ2) is 8.55. The number of benzene rings is 2. The predicted octanol–water partition coefficient (Wildman–Crippen LogP) is 2.37. The smallest absolute Gasteiger partial charge is 0.255 e. The molecule has 1 saturated heterocycles. The molecule has 1 amide bonds. The number of imidazole rings is 1. The molecular formula is C24H25N5O3. The summed E-state index contributed by atoms with van der Waals surface area (Å²) in [7, 11) is 0. The molecule has 8 heteroatoms. The third kappa shape index (κ3) is 4.13. The minimum atomic E-state index is -0.0901. The van der Waals surface area contributed by atoms with E-state index in [-0.39, 0.29) is 30.2 Å². The first-order valence-electron chi connectivity index (χ1n) is 10.9. The number of nitrogens with one attached hydrogen (secondary N) is 1. The summed E-state index contributed by atoms with van der Waals surface area (Å²) in [5.74, 6) is 0.882. The van der Waals surface area contributed by atoms with Crippen LogP contribution in [0.1, 0.15) is 17.3 Å².